The molecule has 0 N–H and O–H groups in total. The molecule has 2 rings (SSSR count). The molecule has 1 heterocycles. The molecular weight excluding hydrogens is 296 g/mol. The van der Waals surface area contributed by atoms with Gasteiger partial charge in [-0.2, -0.15) is 0 Å². The van der Waals surface area contributed by atoms with Crippen molar-refractivity contribution in [2.75, 3.05) is 26.2 Å². The number of hydrogen-bond donors (Lipinski definition) is 0. The Labute approximate surface area is 145 Å². The molecule has 0 bridgehead atoms. The third-order valence-electron chi connectivity index (χ3n) is 3.65. The topological polar surface area (TPSA) is 25.4 Å². The van der Waals surface area contributed by atoms with Crippen LogP contribution in [0.3, 0.4) is 0 Å². The third kappa shape index (κ3) is 6.28. The Morgan fingerprint density at radius 1 is 1.00 bits per heavy atom. The van der Waals surface area contributed by atoms with Gasteiger partial charge >= 0.3 is 0 Å². The molecule has 3 nitrogen and oxygen atoms in total. The molecule has 0 amide bonds. The van der Waals surface area contributed by atoms with Crippen molar-refractivity contribution < 1.29 is 4.74 Å². The Kier molecular flexibility index (Phi) is 7.59. The molecule has 0 spiro atoms. The summed E-state index contributed by atoms with van der Waals surface area (Å²) in [7, 11) is 0. The van der Waals surface area contributed by atoms with Crippen LogP contribution in [-0.2, 0) is 0 Å². The fourth-order valence-electron chi connectivity index (χ4n) is 2.12. The predicted octanol–water partition coefficient (Wildman–Crippen LogP) is 3.98. The van der Waals surface area contributed by atoms with E-state index in [1.807, 2.05) is 54.6 Å². The van der Waals surface area contributed by atoms with Gasteiger partial charge < -0.3 is 4.74 Å². The summed E-state index contributed by atoms with van der Waals surface area (Å²) in [6, 6.07) is 13.8. The average molecular weight is 320 g/mol. The zero-order chi connectivity index (χ0) is 17.0. The minimum Gasteiger partial charge on any atom is -0.481 e. The first-order valence-electron chi connectivity index (χ1n) is 8.32. The molecule has 0 aliphatic heterocycles. The van der Waals surface area contributed by atoms with Crippen LogP contribution in [0.4, 0.5) is 0 Å². The lowest BCUT2D eigenvalue weighted by Crippen LogP contribution is -2.22. The normalized spacial score (nSPS) is 10.6. The zero-order valence-corrected chi connectivity index (χ0v) is 14.4. The van der Waals surface area contributed by atoms with Gasteiger partial charge in [-0.05, 0) is 49.0 Å². The van der Waals surface area contributed by atoms with E-state index in [9.17, 15) is 0 Å². The van der Waals surface area contributed by atoms with E-state index in [-0.39, 0.29) is 0 Å². The summed E-state index contributed by atoms with van der Waals surface area (Å²) in [5.41, 5.74) is 2.06. The van der Waals surface area contributed by atoms with Crippen LogP contribution < -0.4 is 4.74 Å². The van der Waals surface area contributed by atoms with Gasteiger partial charge in [-0.3, -0.25) is 9.88 Å². The van der Waals surface area contributed by atoms with Crippen molar-refractivity contribution in [1.82, 2.24) is 9.88 Å². The molecule has 0 radical (unpaired) electrons. The molecule has 24 heavy (non-hydrogen) atoms. The van der Waals surface area contributed by atoms with Crippen molar-refractivity contribution in [2.24, 2.45) is 0 Å². The Balaban J connectivity index is 1.80. The minimum absolute atomic E-state index is 0.421. The van der Waals surface area contributed by atoms with Crippen molar-refractivity contribution in [2.45, 2.75) is 13.8 Å². The second kappa shape index (κ2) is 10.3. The van der Waals surface area contributed by atoms with E-state index < -0.39 is 0 Å². The lowest BCUT2D eigenvalue weighted by atomic mass is 10.2. The first kappa shape index (κ1) is 17.8. The fraction of sp³-hybridized carbons (Fsp3) is 0.286. The molecule has 2 aromatic rings. The Morgan fingerprint density at radius 2 is 1.79 bits per heavy atom. The molecule has 0 aliphatic rings. The molecule has 0 unspecified atom stereocenters. The SMILES string of the molecule is CCN(CC)CC#CCOc1ccc(/C=C\c2ccccn2)cc1. The lowest BCUT2D eigenvalue weighted by Gasteiger charge is -2.13. The number of benzene rings is 1. The predicted molar refractivity (Wildman–Crippen MR) is 101 cm³/mol. The second-order valence-electron chi connectivity index (χ2n) is 5.26. The number of hydrogen-bond acceptors (Lipinski definition) is 3. The summed E-state index contributed by atoms with van der Waals surface area (Å²) in [5, 5.41) is 0. The highest BCUT2D eigenvalue weighted by Crippen LogP contribution is 2.14. The number of ether oxygens (including phenoxy) is 1. The van der Waals surface area contributed by atoms with Gasteiger partial charge in [0.2, 0.25) is 0 Å². The number of pyridine rings is 1. The lowest BCUT2D eigenvalue weighted by molar-refractivity contribution is 0.341. The molecule has 0 aliphatic carbocycles. The van der Waals surface area contributed by atoms with Crippen LogP contribution in [0.25, 0.3) is 12.2 Å². The van der Waals surface area contributed by atoms with Gasteiger partial charge in [0, 0.05) is 6.20 Å². The Bertz CT molecular complexity index is 677. The van der Waals surface area contributed by atoms with E-state index in [4.69, 9.17) is 4.74 Å². The maximum Gasteiger partial charge on any atom is 0.149 e. The second-order valence-corrected chi connectivity index (χ2v) is 5.26. The summed E-state index contributed by atoms with van der Waals surface area (Å²) in [4.78, 5) is 6.54. The molecule has 1 aromatic heterocycles. The Hall–Kier alpha value is -2.57. The van der Waals surface area contributed by atoms with E-state index in [2.05, 4.69) is 35.6 Å². The van der Waals surface area contributed by atoms with Crippen molar-refractivity contribution in [1.29, 1.82) is 0 Å². The maximum atomic E-state index is 5.64. The van der Waals surface area contributed by atoms with Crippen LogP contribution in [0.5, 0.6) is 5.75 Å². The molecule has 1 aromatic carbocycles. The van der Waals surface area contributed by atoms with E-state index in [1.54, 1.807) is 6.20 Å². The zero-order valence-electron chi connectivity index (χ0n) is 14.4. The standard InChI is InChI=1S/C21H24N2O/c1-3-23(4-2)17-7-8-18-24-21-14-11-19(12-15-21)10-13-20-9-5-6-16-22-20/h5-6,9-16H,3-4,17-18H2,1-2H3/b13-10-. The van der Waals surface area contributed by atoms with Crippen molar-refractivity contribution in [3.8, 4) is 17.6 Å². The van der Waals surface area contributed by atoms with E-state index in [0.29, 0.717) is 6.61 Å². The number of rotatable bonds is 7. The van der Waals surface area contributed by atoms with Gasteiger partial charge in [0.1, 0.15) is 12.4 Å². The maximum absolute atomic E-state index is 5.64. The van der Waals surface area contributed by atoms with Gasteiger partial charge in [0.25, 0.3) is 0 Å². The van der Waals surface area contributed by atoms with Crippen LogP contribution in [0.15, 0.2) is 48.7 Å². The van der Waals surface area contributed by atoms with Crippen molar-refractivity contribution in [3.05, 3.63) is 59.9 Å². The fourth-order valence-corrected chi connectivity index (χ4v) is 2.12. The first-order chi connectivity index (χ1) is 11.8. The molecule has 0 saturated carbocycles. The quantitative estimate of drug-likeness (QED) is 0.722. The molecule has 0 atom stereocenters. The summed E-state index contributed by atoms with van der Waals surface area (Å²) in [5.74, 6) is 7.03. The summed E-state index contributed by atoms with van der Waals surface area (Å²) in [6.07, 6.45) is 5.82. The summed E-state index contributed by atoms with van der Waals surface area (Å²) >= 11 is 0. The third-order valence-corrected chi connectivity index (χ3v) is 3.65. The van der Waals surface area contributed by atoms with Gasteiger partial charge in [-0.25, -0.2) is 0 Å². The van der Waals surface area contributed by atoms with Crippen LogP contribution in [-0.4, -0.2) is 36.1 Å². The van der Waals surface area contributed by atoms with Gasteiger partial charge in [0.05, 0.1) is 12.2 Å². The molecule has 0 saturated heterocycles. The summed E-state index contributed by atoms with van der Waals surface area (Å²) in [6.45, 7) is 7.56. The molecular formula is C21H24N2O. The average Bonchev–Trinajstić information content (AvgIpc) is 2.65. The van der Waals surface area contributed by atoms with Crippen molar-refractivity contribution >= 4 is 12.2 Å². The first-order valence-corrected chi connectivity index (χ1v) is 8.32. The van der Waals surface area contributed by atoms with Crippen LogP contribution in [0, 0.1) is 11.8 Å². The van der Waals surface area contributed by atoms with Crippen LogP contribution >= 0.6 is 0 Å². The molecule has 0 fully saturated rings. The monoisotopic (exact) mass is 320 g/mol. The van der Waals surface area contributed by atoms with Gasteiger partial charge in [-0.15, -0.1) is 0 Å². The smallest absolute Gasteiger partial charge is 0.149 e. The van der Waals surface area contributed by atoms with E-state index in [0.717, 1.165) is 36.6 Å². The van der Waals surface area contributed by atoms with E-state index >= 15 is 0 Å². The van der Waals surface area contributed by atoms with Crippen LogP contribution in [0.2, 0.25) is 0 Å². The largest absolute Gasteiger partial charge is 0.481 e. The highest BCUT2D eigenvalue weighted by atomic mass is 16.5. The van der Waals surface area contributed by atoms with Gasteiger partial charge in [0.15, 0.2) is 0 Å². The molecule has 124 valence electrons. The number of nitrogens with zero attached hydrogens (tertiary/aromatic N) is 2. The van der Waals surface area contributed by atoms with Gasteiger partial charge in [-0.1, -0.05) is 50.0 Å². The highest BCUT2D eigenvalue weighted by molar-refractivity contribution is 5.68. The Morgan fingerprint density at radius 3 is 2.46 bits per heavy atom. The van der Waals surface area contributed by atoms with E-state index in [1.165, 1.54) is 0 Å². The van der Waals surface area contributed by atoms with Crippen LogP contribution in [0.1, 0.15) is 25.1 Å². The highest BCUT2D eigenvalue weighted by Gasteiger charge is 1.94. The minimum atomic E-state index is 0.421. The number of aromatic nitrogens is 1. The van der Waals surface area contributed by atoms with Crippen molar-refractivity contribution in [3.63, 3.8) is 0 Å². The molecule has 3 heteroatoms. The summed E-state index contributed by atoms with van der Waals surface area (Å²) < 4.78 is 5.64.